The maximum Gasteiger partial charge on any atom is 0.280 e. The molecule has 0 aliphatic heterocycles. The van der Waals surface area contributed by atoms with E-state index in [0.717, 1.165) is 0 Å². The van der Waals surface area contributed by atoms with Gasteiger partial charge in [0.2, 0.25) is 5.89 Å². The van der Waals surface area contributed by atoms with Crippen molar-refractivity contribution in [3.63, 3.8) is 0 Å². The van der Waals surface area contributed by atoms with E-state index >= 15 is 0 Å². The van der Waals surface area contributed by atoms with Crippen molar-refractivity contribution in [3.8, 4) is 11.5 Å². The molecule has 8 heteroatoms. The summed E-state index contributed by atoms with van der Waals surface area (Å²) in [5.41, 5.74) is 1.40. The topological polar surface area (TPSA) is 87.6 Å². The number of hydrogen-bond donors (Lipinski definition) is 0. The predicted octanol–water partition coefficient (Wildman–Crippen LogP) is 4.58. The molecular weight excluding hydrogens is 348 g/mol. The van der Waals surface area contributed by atoms with Crippen LogP contribution < -0.4 is 9.47 Å². The van der Waals surface area contributed by atoms with Crippen molar-refractivity contribution in [3.05, 3.63) is 56.9 Å². The van der Waals surface area contributed by atoms with E-state index < -0.39 is 4.92 Å². The zero-order valence-electron chi connectivity index (χ0n) is 13.4. The fourth-order valence-corrected chi connectivity index (χ4v) is 2.49. The van der Waals surface area contributed by atoms with Gasteiger partial charge in [0.1, 0.15) is 5.52 Å². The van der Waals surface area contributed by atoms with Crippen LogP contribution >= 0.6 is 11.6 Å². The number of nitro groups is 1. The van der Waals surface area contributed by atoms with Gasteiger partial charge in [0, 0.05) is 11.1 Å². The highest BCUT2D eigenvalue weighted by Gasteiger charge is 2.18. The van der Waals surface area contributed by atoms with E-state index in [4.69, 9.17) is 25.5 Å². The normalized spacial score (nSPS) is 11.2. The van der Waals surface area contributed by atoms with Crippen molar-refractivity contribution in [1.82, 2.24) is 4.98 Å². The fraction of sp³-hybridized carbons (Fsp3) is 0.118. The Balaban J connectivity index is 2.02. The lowest BCUT2D eigenvalue weighted by molar-refractivity contribution is -0.385. The maximum atomic E-state index is 11.3. The summed E-state index contributed by atoms with van der Waals surface area (Å²) in [5.74, 6) is 0.973. The molecule has 3 rings (SSSR count). The van der Waals surface area contributed by atoms with Crippen LogP contribution in [0.2, 0.25) is 5.02 Å². The lowest BCUT2D eigenvalue weighted by Crippen LogP contribution is -1.96. The Bertz CT molecular complexity index is 981. The second-order valence-electron chi connectivity index (χ2n) is 5.02. The zero-order chi connectivity index (χ0) is 18.0. The minimum Gasteiger partial charge on any atom is -0.493 e. The van der Waals surface area contributed by atoms with Crippen molar-refractivity contribution in [1.29, 1.82) is 0 Å². The van der Waals surface area contributed by atoms with Gasteiger partial charge in [-0.25, -0.2) is 4.98 Å². The van der Waals surface area contributed by atoms with Crippen LogP contribution in [0.4, 0.5) is 5.69 Å². The lowest BCUT2D eigenvalue weighted by Gasteiger charge is -2.08. The van der Waals surface area contributed by atoms with Crippen LogP contribution in [0.15, 0.2) is 34.7 Å². The highest BCUT2D eigenvalue weighted by molar-refractivity contribution is 6.31. The molecule has 0 saturated heterocycles. The second-order valence-corrected chi connectivity index (χ2v) is 5.46. The van der Waals surface area contributed by atoms with Crippen molar-refractivity contribution in [2.24, 2.45) is 0 Å². The number of rotatable bonds is 5. The van der Waals surface area contributed by atoms with Gasteiger partial charge >= 0.3 is 0 Å². The van der Waals surface area contributed by atoms with Gasteiger partial charge in [0.15, 0.2) is 17.1 Å². The van der Waals surface area contributed by atoms with Gasteiger partial charge in [-0.05, 0) is 30.3 Å². The second kappa shape index (κ2) is 6.82. The van der Waals surface area contributed by atoms with E-state index in [9.17, 15) is 10.1 Å². The molecule has 25 heavy (non-hydrogen) atoms. The fourth-order valence-electron chi connectivity index (χ4n) is 2.33. The van der Waals surface area contributed by atoms with Crippen LogP contribution in [0, 0.1) is 10.1 Å². The smallest absolute Gasteiger partial charge is 0.280 e. The van der Waals surface area contributed by atoms with Crippen LogP contribution in [0.1, 0.15) is 11.5 Å². The van der Waals surface area contributed by atoms with Crippen molar-refractivity contribution in [2.75, 3.05) is 14.2 Å². The number of hydrogen-bond acceptors (Lipinski definition) is 6. The number of halogens is 1. The molecule has 0 N–H and O–H groups in total. The molecule has 0 radical (unpaired) electrons. The number of oxazole rings is 1. The average Bonchev–Trinajstić information content (AvgIpc) is 3.00. The summed E-state index contributed by atoms with van der Waals surface area (Å²) in [4.78, 5) is 15.1. The molecule has 0 spiro atoms. The lowest BCUT2D eigenvalue weighted by atomic mass is 10.1. The SMILES string of the molecule is COc1cc(/C=C/c2nc3cc(Cl)ccc3o2)c([N+](=O)[O-])cc1OC. The predicted molar refractivity (Wildman–Crippen MR) is 94.1 cm³/mol. The molecule has 0 saturated carbocycles. The number of aromatic nitrogens is 1. The third kappa shape index (κ3) is 3.41. The van der Waals surface area contributed by atoms with E-state index in [1.54, 1.807) is 24.3 Å². The summed E-state index contributed by atoms with van der Waals surface area (Å²) < 4.78 is 15.9. The molecule has 0 bridgehead atoms. The number of nitrogens with zero attached hydrogens (tertiary/aromatic N) is 2. The number of nitro benzene ring substituents is 1. The Hall–Kier alpha value is -3.06. The van der Waals surface area contributed by atoms with Crippen molar-refractivity contribution >= 4 is 40.5 Å². The molecular formula is C17H13ClN2O5. The Morgan fingerprint density at radius 2 is 1.88 bits per heavy atom. The van der Waals surface area contributed by atoms with E-state index in [1.165, 1.54) is 32.4 Å². The summed E-state index contributed by atoms with van der Waals surface area (Å²) in [6.07, 6.45) is 3.08. The van der Waals surface area contributed by atoms with E-state index in [1.807, 2.05) is 0 Å². The molecule has 1 heterocycles. The Labute approximate surface area is 147 Å². The van der Waals surface area contributed by atoms with E-state index in [0.29, 0.717) is 33.3 Å². The average molecular weight is 361 g/mol. The number of fused-ring (bicyclic) bond motifs is 1. The molecule has 2 aromatic carbocycles. The molecule has 0 unspecified atom stereocenters. The van der Waals surface area contributed by atoms with Crippen LogP contribution in [0.3, 0.4) is 0 Å². The molecule has 0 atom stereocenters. The third-order valence-corrected chi connectivity index (χ3v) is 3.74. The molecule has 0 aliphatic carbocycles. The first-order valence-electron chi connectivity index (χ1n) is 7.16. The molecule has 0 aliphatic rings. The summed E-state index contributed by atoms with van der Waals surface area (Å²) >= 11 is 5.92. The molecule has 3 aromatic rings. The number of ether oxygens (including phenoxy) is 2. The minimum atomic E-state index is -0.493. The van der Waals surface area contributed by atoms with Gasteiger partial charge in [-0.3, -0.25) is 10.1 Å². The van der Waals surface area contributed by atoms with E-state index in [-0.39, 0.29) is 11.4 Å². The van der Waals surface area contributed by atoms with Crippen LogP contribution in [0.5, 0.6) is 11.5 Å². The van der Waals surface area contributed by atoms with Gasteiger partial charge in [-0.15, -0.1) is 0 Å². The summed E-state index contributed by atoms with van der Waals surface area (Å²) in [5, 5.41) is 11.8. The number of benzene rings is 2. The monoisotopic (exact) mass is 360 g/mol. The quantitative estimate of drug-likeness (QED) is 0.489. The maximum absolute atomic E-state index is 11.3. The first-order valence-corrected chi connectivity index (χ1v) is 7.54. The first kappa shape index (κ1) is 16.8. The van der Waals surface area contributed by atoms with Crippen LogP contribution in [-0.2, 0) is 0 Å². The summed E-state index contributed by atoms with van der Waals surface area (Å²) in [6, 6.07) is 7.91. The molecule has 7 nitrogen and oxygen atoms in total. The van der Waals surface area contributed by atoms with Gasteiger partial charge in [-0.2, -0.15) is 0 Å². The summed E-state index contributed by atoms with van der Waals surface area (Å²) in [7, 11) is 2.88. The summed E-state index contributed by atoms with van der Waals surface area (Å²) in [6.45, 7) is 0. The largest absolute Gasteiger partial charge is 0.493 e. The first-order chi connectivity index (χ1) is 12.0. The molecule has 0 amide bonds. The van der Waals surface area contributed by atoms with Crippen molar-refractivity contribution in [2.45, 2.75) is 0 Å². The van der Waals surface area contributed by atoms with Gasteiger partial charge in [0.05, 0.1) is 30.8 Å². The Morgan fingerprint density at radius 3 is 2.56 bits per heavy atom. The molecule has 128 valence electrons. The standard InChI is InChI=1S/C17H13ClN2O5/c1-23-15-7-10(13(20(21)22)9-16(15)24-2)3-6-17-19-12-8-11(18)4-5-14(12)25-17/h3-9H,1-2H3/b6-3+. The van der Waals surface area contributed by atoms with Gasteiger partial charge in [-0.1, -0.05) is 11.6 Å². The van der Waals surface area contributed by atoms with Gasteiger partial charge in [0.25, 0.3) is 5.69 Å². The van der Waals surface area contributed by atoms with Gasteiger partial charge < -0.3 is 13.9 Å². The Kier molecular flexibility index (Phi) is 4.58. The molecule has 0 fully saturated rings. The third-order valence-electron chi connectivity index (χ3n) is 3.50. The highest BCUT2D eigenvalue weighted by atomic mass is 35.5. The molecule has 1 aromatic heterocycles. The minimum absolute atomic E-state index is 0.118. The van der Waals surface area contributed by atoms with Crippen molar-refractivity contribution < 1.29 is 18.8 Å². The van der Waals surface area contributed by atoms with Crippen LogP contribution in [0.25, 0.3) is 23.3 Å². The van der Waals surface area contributed by atoms with E-state index in [2.05, 4.69) is 4.98 Å². The number of methoxy groups -OCH3 is 2. The zero-order valence-corrected chi connectivity index (χ0v) is 14.1. The van der Waals surface area contributed by atoms with Crippen LogP contribution in [-0.4, -0.2) is 24.1 Å². The Morgan fingerprint density at radius 1 is 1.16 bits per heavy atom. The highest BCUT2D eigenvalue weighted by Crippen LogP contribution is 2.35.